The van der Waals surface area contributed by atoms with Crippen molar-refractivity contribution in [3.8, 4) is 11.3 Å². The van der Waals surface area contributed by atoms with Crippen LogP contribution in [-0.2, 0) is 10.9 Å². The summed E-state index contributed by atoms with van der Waals surface area (Å²) in [6.45, 7) is 0.639. The molecule has 3 heterocycles. The molecule has 1 saturated heterocycles. The molecular formula is C23H23F5N6O2. The van der Waals surface area contributed by atoms with E-state index in [1.54, 1.807) is 0 Å². The van der Waals surface area contributed by atoms with Crippen molar-refractivity contribution in [2.75, 3.05) is 24.3 Å². The van der Waals surface area contributed by atoms with E-state index in [0.29, 0.717) is 12.7 Å². The van der Waals surface area contributed by atoms with E-state index < -0.39 is 35.5 Å². The second-order valence-electron chi connectivity index (χ2n) is 9.06. The SMILES string of the molecule is COC(=O)Nc1ccc2c(-c3nc(N[C@H]4CCC5(CC5)NC4)ncc3C(F)(F)F)c[nH]c2c1C(F)F. The van der Waals surface area contributed by atoms with Crippen molar-refractivity contribution < 1.29 is 31.5 Å². The minimum absolute atomic E-state index is 0.0176. The van der Waals surface area contributed by atoms with E-state index in [1.165, 1.54) is 18.3 Å². The number of alkyl halides is 5. The minimum Gasteiger partial charge on any atom is -0.453 e. The highest BCUT2D eigenvalue weighted by molar-refractivity contribution is 6.01. The third-order valence-corrected chi connectivity index (χ3v) is 6.77. The molecule has 1 aliphatic carbocycles. The lowest BCUT2D eigenvalue weighted by Gasteiger charge is -2.30. The van der Waals surface area contributed by atoms with Crippen molar-refractivity contribution in [1.29, 1.82) is 0 Å². The number of methoxy groups -OCH3 is 1. The van der Waals surface area contributed by atoms with E-state index in [0.717, 1.165) is 32.8 Å². The molecule has 1 spiro atoms. The van der Waals surface area contributed by atoms with Gasteiger partial charge in [-0.05, 0) is 31.7 Å². The van der Waals surface area contributed by atoms with Crippen molar-refractivity contribution in [3.63, 3.8) is 0 Å². The van der Waals surface area contributed by atoms with Gasteiger partial charge in [-0.1, -0.05) is 6.07 Å². The van der Waals surface area contributed by atoms with Gasteiger partial charge < -0.3 is 20.4 Å². The maximum absolute atomic E-state index is 13.9. The number of ether oxygens (including phenoxy) is 1. The predicted molar refractivity (Wildman–Crippen MR) is 122 cm³/mol. The Balaban J connectivity index is 1.54. The van der Waals surface area contributed by atoms with E-state index >= 15 is 0 Å². The molecule has 8 nitrogen and oxygen atoms in total. The fraction of sp³-hybridized carbons (Fsp3) is 0.435. The molecular weight excluding hydrogens is 487 g/mol. The molecule has 3 aromatic rings. The molecule has 2 aromatic heterocycles. The molecule has 2 fully saturated rings. The molecule has 0 radical (unpaired) electrons. The lowest BCUT2D eigenvalue weighted by Crippen LogP contribution is -2.46. The average Bonchev–Trinajstić information content (AvgIpc) is 3.45. The first-order chi connectivity index (χ1) is 17.1. The van der Waals surface area contributed by atoms with E-state index in [-0.39, 0.29) is 39.7 Å². The van der Waals surface area contributed by atoms with Crippen LogP contribution in [0.25, 0.3) is 22.2 Å². The van der Waals surface area contributed by atoms with Crippen LogP contribution in [0, 0.1) is 0 Å². The van der Waals surface area contributed by atoms with Crippen LogP contribution in [0.15, 0.2) is 24.5 Å². The number of anilines is 2. The number of benzene rings is 1. The van der Waals surface area contributed by atoms with Crippen molar-refractivity contribution >= 4 is 28.6 Å². The number of hydrogen-bond donors (Lipinski definition) is 4. The van der Waals surface area contributed by atoms with E-state index in [9.17, 15) is 26.7 Å². The topological polar surface area (TPSA) is 104 Å². The maximum atomic E-state index is 13.9. The molecule has 13 heteroatoms. The van der Waals surface area contributed by atoms with Crippen molar-refractivity contribution in [3.05, 3.63) is 35.7 Å². The summed E-state index contributed by atoms with van der Waals surface area (Å²) in [6.07, 6.45) is -2.85. The summed E-state index contributed by atoms with van der Waals surface area (Å²) in [7, 11) is 1.08. The average molecular weight is 510 g/mol. The number of nitrogens with zero attached hydrogens (tertiary/aromatic N) is 2. The number of nitrogens with one attached hydrogen (secondary N) is 4. The number of carbonyl (C=O) groups is 1. The number of amides is 1. The largest absolute Gasteiger partial charge is 0.453 e. The Morgan fingerprint density at radius 1 is 1.25 bits per heavy atom. The number of aromatic amines is 1. The van der Waals surface area contributed by atoms with E-state index in [1.807, 2.05) is 0 Å². The first kappa shape index (κ1) is 24.2. The molecule has 4 N–H and O–H groups in total. The van der Waals surface area contributed by atoms with Crippen molar-refractivity contribution in [2.45, 2.75) is 49.9 Å². The monoisotopic (exact) mass is 510 g/mol. The number of H-pyrrole nitrogens is 1. The van der Waals surface area contributed by atoms with Gasteiger partial charge in [0.25, 0.3) is 6.43 Å². The number of aromatic nitrogens is 3. The van der Waals surface area contributed by atoms with Gasteiger partial charge in [0.2, 0.25) is 5.95 Å². The molecule has 2 aliphatic rings. The van der Waals surface area contributed by atoms with Gasteiger partial charge in [-0.3, -0.25) is 5.32 Å². The quantitative estimate of drug-likeness (QED) is 0.340. The molecule has 0 unspecified atom stereocenters. The van der Waals surface area contributed by atoms with E-state index in [4.69, 9.17) is 0 Å². The number of rotatable bonds is 5. The van der Waals surface area contributed by atoms with Crippen molar-refractivity contribution in [1.82, 2.24) is 20.3 Å². The first-order valence-electron chi connectivity index (χ1n) is 11.3. The van der Waals surface area contributed by atoms with Gasteiger partial charge in [0.05, 0.1) is 29.6 Å². The van der Waals surface area contributed by atoms with Crippen LogP contribution in [0.5, 0.6) is 0 Å². The number of carbonyl (C=O) groups excluding carboxylic acids is 1. The molecule has 1 aliphatic heterocycles. The Labute approximate surface area is 202 Å². The third-order valence-electron chi connectivity index (χ3n) is 6.77. The standard InChI is InChI=1S/C23H23F5N6O2/c1-36-21(35)33-15-3-2-12-13(9-29-18(12)16(15)19(24)25)17-14(23(26,27)28)10-30-20(34-17)32-11-4-5-22(6-7-22)31-8-11/h2-3,9-11,19,29,31H,4-8H2,1H3,(H,33,35)(H,30,32,34)/t11-/m0/s1. The van der Waals surface area contributed by atoms with Gasteiger partial charge in [-0.15, -0.1) is 0 Å². The van der Waals surface area contributed by atoms with Crippen LogP contribution < -0.4 is 16.0 Å². The van der Waals surface area contributed by atoms with Crippen LogP contribution in [-0.4, -0.2) is 46.3 Å². The van der Waals surface area contributed by atoms with Gasteiger partial charge in [0, 0.05) is 41.5 Å². The highest BCUT2D eigenvalue weighted by Gasteiger charge is 2.45. The van der Waals surface area contributed by atoms with Crippen LogP contribution in [0.4, 0.5) is 38.4 Å². The Kier molecular flexibility index (Phi) is 5.97. The molecule has 1 aromatic carbocycles. The number of hydrogen-bond acceptors (Lipinski definition) is 6. The number of halogens is 5. The third kappa shape index (κ3) is 4.54. The number of fused-ring (bicyclic) bond motifs is 1. The van der Waals surface area contributed by atoms with Gasteiger partial charge >= 0.3 is 12.3 Å². The molecule has 0 bridgehead atoms. The minimum atomic E-state index is -4.78. The van der Waals surface area contributed by atoms with Gasteiger partial charge in [-0.25, -0.2) is 23.5 Å². The molecule has 1 amide bonds. The van der Waals surface area contributed by atoms with Crippen LogP contribution in [0.2, 0.25) is 0 Å². The fourth-order valence-electron chi connectivity index (χ4n) is 4.64. The Bertz CT molecular complexity index is 1290. The summed E-state index contributed by atoms with van der Waals surface area (Å²) in [4.78, 5) is 22.3. The normalized spacial score (nSPS) is 19.0. The second kappa shape index (κ2) is 8.87. The fourth-order valence-corrected chi connectivity index (χ4v) is 4.64. The van der Waals surface area contributed by atoms with E-state index in [2.05, 4.69) is 35.6 Å². The molecule has 1 atom stereocenters. The Hall–Kier alpha value is -3.48. The van der Waals surface area contributed by atoms with Crippen LogP contribution in [0.1, 0.15) is 43.2 Å². The predicted octanol–water partition coefficient (Wildman–Crippen LogP) is 5.46. The highest BCUT2D eigenvalue weighted by atomic mass is 19.4. The Morgan fingerprint density at radius 2 is 2.03 bits per heavy atom. The molecule has 5 rings (SSSR count). The summed E-state index contributed by atoms with van der Waals surface area (Å²) in [5.74, 6) is 0.0176. The summed E-state index contributed by atoms with van der Waals surface area (Å²) in [5.41, 5.74) is -2.28. The second-order valence-corrected chi connectivity index (χ2v) is 9.06. The number of piperidine rings is 1. The summed E-state index contributed by atoms with van der Waals surface area (Å²) < 4.78 is 74.0. The Morgan fingerprint density at radius 3 is 2.64 bits per heavy atom. The summed E-state index contributed by atoms with van der Waals surface area (Å²) >= 11 is 0. The van der Waals surface area contributed by atoms with Crippen molar-refractivity contribution in [2.24, 2.45) is 0 Å². The first-order valence-corrected chi connectivity index (χ1v) is 11.3. The lowest BCUT2D eigenvalue weighted by atomic mass is 9.99. The summed E-state index contributed by atoms with van der Waals surface area (Å²) in [6, 6.07) is 2.47. The van der Waals surface area contributed by atoms with Crippen LogP contribution in [0.3, 0.4) is 0 Å². The molecule has 192 valence electrons. The lowest BCUT2D eigenvalue weighted by molar-refractivity contribution is -0.137. The van der Waals surface area contributed by atoms with Gasteiger partial charge in [0.1, 0.15) is 5.56 Å². The molecule has 36 heavy (non-hydrogen) atoms. The van der Waals surface area contributed by atoms with Crippen LogP contribution >= 0.6 is 0 Å². The molecule has 1 saturated carbocycles. The van der Waals surface area contributed by atoms with Gasteiger partial charge in [0.15, 0.2) is 0 Å². The maximum Gasteiger partial charge on any atom is 0.419 e. The summed E-state index contributed by atoms with van der Waals surface area (Å²) in [5, 5.41) is 8.86. The zero-order valence-corrected chi connectivity index (χ0v) is 19.1. The zero-order chi connectivity index (χ0) is 25.7. The van der Waals surface area contributed by atoms with Gasteiger partial charge in [-0.2, -0.15) is 13.2 Å². The zero-order valence-electron chi connectivity index (χ0n) is 19.1. The highest BCUT2D eigenvalue weighted by Crippen LogP contribution is 2.43. The smallest absolute Gasteiger partial charge is 0.419 e.